The Morgan fingerprint density at radius 3 is 2.41 bits per heavy atom. The Balaban J connectivity index is 1.85. The van der Waals surface area contributed by atoms with Gasteiger partial charge in [-0.2, -0.15) is 0 Å². The molecule has 3 unspecified atom stereocenters. The molecule has 4 amide bonds. The third-order valence-electron chi connectivity index (χ3n) is 6.24. The number of rotatable bonds is 2. The van der Waals surface area contributed by atoms with Crippen LogP contribution in [-0.4, -0.2) is 70.0 Å². The van der Waals surface area contributed by atoms with Gasteiger partial charge in [0.2, 0.25) is 17.7 Å². The van der Waals surface area contributed by atoms with Crippen molar-refractivity contribution in [1.82, 2.24) is 14.7 Å². The summed E-state index contributed by atoms with van der Waals surface area (Å²) in [6.45, 7) is 4.18. The molecule has 3 heterocycles. The number of hydrogen-bond acceptors (Lipinski definition) is 4. The molecule has 2 bridgehead atoms. The fourth-order valence-corrected chi connectivity index (χ4v) is 5.02. The van der Waals surface area contributed by atoms with E-state index >= 15 is 0 Å². The molecule has 3 fully saturated rings. The Labute approximate surface area is 161 Å². The van der Waals surface area contributed by atoms with Gasteiger partial charge in [-0.05, 0) is 38.1 Å². The van der Waals surface area contributed by atoms with Gasteiger partial charge >= 0.3 is 0 Å². The second-order valence-corrected chi connectivity index (χ2v) is 7.92. The van der Waals surface area contributed by atoms with E-state index in [0.29, 0.717) is 17.1 Å². The van der Waals surface area contributed by atoms with Crippen LogP contribution in [-0.2, 0) is 14.4 Å². The van der Waals surface area contributed by atoms with Crippen molar-refractivity contribution in [3.05, 3.63) is 34.9 Å². The Morgan fingerprint density at radius 2 is 1.81 bits per heavy atom. The van der Waals surface area contributed by atoms with Crippen molar-refractivity contribution in [2.75, 3.05) is 20.1 Å². The number of carbonyl (C=O) groups is 4. The number of fused-ring (bicyclic) bond motifs is 5. The number of halogens is 1. The van der Waals surface area contributed by atoms with Gasteiger partial charge in [-0.1, -0.05) is 11.6 Å². The maximum Gasteiger partial charge on any atom is 0.255 e. The summed E-state index contributed by atoms with van der Waals surface area (Å²) in [4.78, 5) is 56.4. The van der Waals surface area contributed by atoms with Gasteiger partial charge in [0.1, 0.15) is 5.54 Å². The van der Waals surface area contributed by atoms with Gasteiger partial charge in [0.15, 0.2) is 0 Å². The molecule has 3 aliphatic heterocycles. The zero-order valence-corrected chi connectivity index (χ0v) is 16.1. The monoisotopic (exact) mass is 389 g/mol. The standard InChI is InChI=1S/C19H20ClN3O4/c1-4-22-9-12-13-14(17(26)21(3)16(13)25)19(2,18(22)27)23(12)15(24)10-5-7-11(20)8-6-10/h5-8,12-14H,4,9H2,1-3H3/t12?,13?,14?,19-/m1/s1. The van der Waals surface area contributed by atoms with Gasteiger partial charge in [0, 0.05) is 30.7 Å². The van der Waals surface area contributed by atoms with E-state index in [-0.39, 0.29) is 24.3 Å². The van der Waals surface area contributed by atoms with Crippen LogP contribution in [0.2, 0.25) is 5.02 Å². The number of likely N-dealkylation sites (N-methyl/N-ethyl adjacent to an activating group) is 1. The van der Waals surface area contributed by atoms with Crippen LogP contribution in [0.5, 0.6) is 0 Å². The summed E-state index contributed by atoms with van der Waals surface area (Å²) in [6.07, 6.45) is 0. The second kappa shape index (κ2) is 5.79. The number of carbonyl (C=O) groups excluding carboxylic acids is 4. The zero-order valence-electron chi connectivity index (χ0n) is 15.3. The van der Waals surface area contributed by atoms with Gasteiger partial charge in [-0.3, -0.25) is 24.1 Å². The van der Waals surface area contributed by atoms with E-state index in [1.54, 1.807) is 36.1 Å². The predicted octanol–water partition coefficient (Wildman–Crippen LogP) is 1.02. The highest BCUT2D eigenvalue weighted by molar-refractivity contribution is 6.30. The highest BCUT2D eigenvalue weighted by atomic mass is 35.5. The molecule has 0 radical (unpaired) electrons. The molecule has 1 aromatic rings. The molecule has 4 atom stereocenters. The highest BCUT2D eigenvalue weighted by Crippen LogP contribution is 2.52. The minimum absolute atomic E-state index is 0.248. The lowest BCUT2D eigenvalue weighted by Crippen LogP contribution is -2.68. The molecule has 0 N–H and O–H groups in total. The Kier molecular flexibility index (Phi) is 3.86. The Hall–Kier alpha value is -2.41. The van der Waals surface area contributed by atoms with Gasteiger partial charge in [0.25, 0.3) is 5.91 Å². The molecule has 3 saturated heterocycles. The topological polar surface area (TPSA) is 78.0 Å². The van der Waals surface area contributed by atoms with Crippen molar-refractivity contribution in [2.24, 2.45) is 11.8 Å². The molecule has 8 heteroatoms. The van der Waals surface area contributed by atoms with Gasteiger partial charge in [0.05, 0.1) is 17.9 Å². The number of benzene rings is 1. The molecule has 0 aromatic heterocycles. The molecular weight excluding hydrogens is 370 g/mol. The summed E-state index contributed by atoms with van der Waals surface area (Å²) >= 11 is 5.91. The van der Waals surface area contributed by atoms with Gasteiger partial charge in [-0.25, -0.2) is 0 Å². The molecule has 0 aliphatic carbocycles. The average Bonchev–Trinajstić information content (AvgIpc) is 3.01. The van der Waals surface area contributed by atoms with E-state index in [1.807, 2.05) is 6.92 Å². The maximum absolute atomic E-state index is 13.3. The normalized spacial score (nSPS) is 32.4. The molecule has 7 nitrogen and oxygen atoms in total. The first kappa shape index (κ1) is 18.0. The molecule has 142 valence electrons. The fraction of sp³-hybridized carbons (Fsp3) is 0.474. The SMILES string of the molecule is CCN1CC2C3C(=O)N(C)C(=O)C3[C@](C)(C1=O)N2C(=O)c1ccc(Cl)cc1. The van der Waals surface area contributed by atoms with E-state index in [1.165, 1.54) is 11.9 Å². The van der Waals surface area contributed by atoms with Gasteiger partial charge in [-0.15, -0.1) is 0 Å². The molecule has 4 rings (SSSR count). The largest absolute Gasteiger partial charge is 0.339 e. The van der Waals surface area contributed by atoms with E-state index in [2.05, 4.69) is 0 Å². The summed E-state index contributed by atoms with van der Waals surface area (Å²) in [5, 5.41) is 0.497. The molecule has 1 aromatic carbocycles. The lowest BCUT2D eigenvalue weighted by atomic mass is 9.81. The van der Waals surface area contributed by atoms with Crippen LogP contribution < -0.4 is 0 Å². The summed E-state index contributed by atoms with van der Waals surface area (Å²) in [7, 11) is 1.44. The average molecular weight is 390 g/mol. The first-order valence-electron chi connectivity index (χ1n) is 8.93. The third kappa shape index (κ3) is 2.15. The summed E-state index contributed by atoms with van der Waals surface area (Å²) < 4.78 is 0. The molecule has 0 saturated carbocycles. The summed E-state index contributed by atoms with van der Waals surface area (Å²) in [5.74, 6) is -2.90. The highest BCUT2D eigenvalue weighted by Gasteiger charge is 2.73. The van der Waals surface area contributed by atoms with Crippen molar-refractivity contribution in [1.29, 1.82) is 0 Å². The third-order valence-corrected chi connectivity index (χ3v) is 6.50. The second-order valence-electron chi connectivity index (χ2n) is 7.48. The van der Waals surface area contributed by atoms with Crippen molar-refractivity contribution in [3.63, 3.8) is 0 Å². The molecule has 27 heavy (non-hydrogen) atoms. The minimum atomic E-state index is -1.38. The quantitative estimate of drug-likeness (QED) is 0.707. The number of nitrogens with zero attached hydrogens (tertiary/aromatic N) is 3. The first-order valence-corrected chi connectivity index (χ1v) is 9.31. The van der Waals surface area contributed by atoms with Crippen LogP contribution in [0.1, 0.15) is 24.2 Å². The zero-order chi connectivity index (χ0) is 19.7. The number of likely N-dealkylation sites (tertiary alicyclic amines) is 2. The van der Waals surface area contributed by atoms with Crippen molar-refractivity contribution < 1.29 is 19.2 Å². The minimum Gasteiger partial charge on any atom is -0.339 e. The van der Waals surface area contributed by atoms with Crippen LogP contribution in [0.25, 0.3) is 0 Å². The number of hydrogen-bond donors (Lipinski definition) is 0. The number of imide groups is 1. The van der Waals surface area contributed by atoms with E-state index in [9.17, 15) is 19.2 Å². The van der Waals surface area contributed by atoms with Crippen molar-refractivity contribution in [2.45, 2.75) is 25.4 Å². The van der Waals surface area contributed by atoms with Crippen LogP contribution in [0.3, 0.4) is 0 Å². The van der Waals surface area contributed by atoms with E-state index in [4.69, 9.17) is 11.6 Å². The number of piperazine rings is 1. The first-order chi connectivity index (χ1) is 12.7. The van der Waals surface area contributed by atoms with Gasteiger partial charge < -0.3 is 9.80 Å². The van der Waals surface area contributed by atoms with Crippen LogP contribution in [0.15, 0.2) is 24.3 Å². The Bertz CT molecular complexity index is 870. The van der Waals surface area contributed by atoms with Crippen LogP contribution in [0, 0.1) is 11.8 Å². The smallest absolute Gasteiger partial charge is 0.255 e. The number of amides is 4. The van der Waals surface area contributed by atoms with Crippen LogP contribution in [0.4, 0.5) is 0 Å². The summed E-state index contributed by atoms with van der Waals surface area (Å²) in [5.41, 5.74) is -1.00. The lowest BCUT2D eigenvalue weighted by Gasteiger charge is -2.47. The van der Waals surface area contributed by atoms with E-state index < -0.39 is 29.3 Å². The molecule has 0 spiro atoms. The maximum atomic E-state index is 13.3. The molecular formula is C19H20ClN3O4. The lowest BCUT2D eigenvalue weighted by molar-refractivity contribution is -0.154. The summed E-state index contributed by atoms with van der Waals surface area (Å²) in [6, 6.07) is 5.87. The van der Waals surface area contributed by atoms with E-state index in [0.717, 1.165) is 4.90 Å². The predicted molar refractivity (Wildman–Crippen MR) is 96.8 cm³/mol. The van der Waals surface area contributed by atoms with Crippen molar-refractivity contribution in [3.8, 4) is 0 Å². The van der Waals surface area contributed by atoms with Crippen LogP contribution >= 0.6 is 11.6 Å². The molecule has 3 aliphatic rings. The van der Waals surface area contributed by atoms with Crippen molar-refractivity contribution >= 4 is 35.2 Å². The Morgan fingerprint density at radius 1 is 1.19 bits per heavy atom. The fourth-order valence-electron chi connectivity index (χ4n) is 4.89.